The number of carbonyl (C=O) groups excluding carboxylic acids is 2. The zero-order chi connectivity index (χ0) is 16.4. The summed E-state index contributed by atoms with van der Waals surface area (Å²) in [6.07, 6.45) is 0.826. The van der Waals surface area contributed by atoms with E-state index in [4.69, 9.17) is 10.00 Å². The molecule has 0 aromatic heterocycles. The first kappa shape index (κ1) is 17.1. The van der Waals surface area contributed by atoms with Gasteiger partial charge in [-0.3, -0.25) is 19.7 Å². The largest absolute Gasteiger partial charge is 0.466 e. The van der Waals surface area contributed by atoms with E-state index in [2.05, 4.69) is 5.32 Å². The van der Waals surface area contributed by atoms with Crippen molar-refractivity contribution in [2.75, 3.05) is 13.2 Å². The quantitative estimate of drug-likeness (QED) is 0.336. The van der Waals surface area contributed by atoms with Gasteiger partial charge in [-0.15, -0.1) is 0 Å². The first-order chi connectivity index (χ1) is 10.5. The van der Waals surface area contributed by atoms with E-state index in [9.17, 15) is 19.7 Å². The molecule has 0 saturated heterocycles. The molecule has 8 nitrogen and oxygen atoms in total. The van der Waals surface area contributed by atoms with E-state index in [1.54, 1.807) is 0 Å². The fourth-order valence-corrected chi connectivity index (χ4v) is 1.52. The van der Waals surface area contributed by atoms with Crippen LogP contribution in [0.25, 0.3) is 0 Å². The van der Waals surface area contributed by atoms with Gasteiger partial charge in [-0.2, -0.15) is 5.26 Å². The summed E-state index contributed by atoms with van der Waals surface area (Å²) in [5.41, 5.74) is 0.172. The van der Waals surface area contributed by atoms with Crippen LogP contribution < -0.4 is 5.32 Å². The number of carbonyl (C=O) groups is 2. The Balaban J connectivity index is 2.29. The number of nitriles is 1. The molecule has 0 heterocycles. The predicted molar refractivity (Wildman–Crippen MR) is 75.9 cm³/mol. The highest BCUT2D eigenvalue weighted by Crippen LogP contribution is 2.11. The van der Waals surface area contributed by atoms with Crippen molar-refractivity contribution in [3.63, 3.8) is 0 Å². The van der Waals surface area contributed by atoms with Gasteiger partial charge in [0.1, 0.15) is 0 Å². The third-order valence-electron chi connectivity index (χ3n) is 2.65. The van der Waals surface area contributed by atoms with Gasteiger partial charge >= 0.3 is 5.97 Å². The highest BCUT2D eigenvalue weighted by Gasteiger charge is 2.10. The Morgan fingerprint density at radius 3 is 2.59 bits per heavy atom. The fourth-order valence-electron chi connectivity index (χ4n) is 1.52. The number of nitro groups is 1. The first-order valence-electron chi connectivity index (χ1n) is 6.60. The summed E-state index contributed by atoms with van der Waals surface area (Å²) < 4.78 is 4.86. The van der Waals surface area contributed by atoms with Crippen LogP contribution in [0.5, 0.6) is 0 Å². The van der Waals surface area contributed by atoms with Crippen molar-refractivity contribution in [3.8, 4) is 6.07 Å². The van der Waals surface area contributed by atoms with Crippen LogP contribution in [0.1, 0.15) is 29.6 Å². The minimum absolute atomic E-state index is 0.0191. The number of ether oxygens (including phenoxy) is 1. The monoisotopic (exact) mass is 305 g/mol. The summed E-state index contributed by atoms with van der Waals surface area (Å²) in [4.78, 5) is 33.0. The maximum absolute atomic E-state index is 11.7. The third kappa shape index (κ3) is 6.00. The third-order valence-corrected chi connectivity index (χ3v) is 2.65. The van der Waals surface area contributed by atoms with Crippen LogP contribution in [0.2, 0.25) is 0 Å². The minimum atomic E-state index is -0.552. The number of hydrogen-bond donors (Lipinski definition) is 1. The Bertz CT molecular complexity index is 577. The molecular formula is C14H15N3O5. The van der Waals surface area contributed by atoms with Crippen molar-refractivity contribution >= 4 is 17.6 Å². The molecule has 8 heteroatoms. The Kier molecular flexibility index (Phi) is 7.05. The summed E-state index contributed by atoms with van der Waals surface area (Å²) in [7, 11) is 0. The Morgan fingerprint density at radius 2 is 2.00 bits per heavy atom. The van der Waals surface area contributed by atoms with Gasteiger partial charge in [0.15, 0.2) is 0 Å². The molecule has 0 fully saturated rings. The summed E-state index contributed by atoms with van der Waals surface area (Å²) in [5, 5.41) is 21.3. The summed E-state index contributed by atoms with van der Waals surface area (Å²) >= 11 is 0. The van der Waals surface area contributed by atoms with Gasteiger partial charge in [0, 0.05) is 30.7 Å². The van der Waals surface area contributed by atoms with Gasteiger partial charge in [-0.25, -0.2) is 0 Å². The number of rotatable bonds is 8. The van der Waals surface area contributed by atoms with Gasteiger partial charge in [-0.1, -0.05) is 0 Å². The van der Waals surface area contributed by atoms with Crippen LogP contribution in [0.15, 0.2) is 24.3 Å². The minimum Gasteiger partial charge on any atom is -0.466 e. The van der Waals surface area contributed by atoms with Crippen LogP contribution in [-0.4, -0.2) is 30.0 Å². The number of unbranched alkanes of at least 4 members (excludes halogenated alkanes) is 1. The standard InChI is InChI=1S/C14H15N3O5/c15-8-1-2-10-22-13(18)7-9-16-14(19)11-3-5-12(6-4-11)17(20)21/h3-6H,1-2,7,9-10H2,(H,16,19). The lowest BCUT2D eigenvalue weighted by atomic mass is 10.2. The molecule has 0 radical (unpaired) electrons. The van der Waals surface area contributed by atoms with E-state index in [0.29, 0.717) is 12.8 Å². The number of amides is 1. The molecule has 1 rings (SSSR count). The molecule has 0 atom stereocenters. The second-order valence-electron chi connectivity index (χ2n) is 4.29. The fraction of sp³-hybridized carbons (Fsp3) is 0.357. The molecule has 0 aliphatic carbocycles. The molecule has 0 unspecified atom stereocenters. The SMILES string of the molecule is N#CCCCOC(=O)CCNC(=O)c1ccc([N+](=O)[O-])cc1. The zero-order valence-electron chi connectivity index (χ0n) is 11.8. The Labute approximate surface area is 126 Å². The lowest BCUT2D eigenvalue weighted by molar-refractivity contribution is -0.384. The molecule has 0 bridgehead atoms. The van der Waals surface area contributed by atoms with Crippen LogP contribution >= 0.6 is 0 Å². The number of hydrogen-bond acceptors (Lipinski definition) is 6. The zero-order valence-corrected chi connectivity index (χ0v) is 11.8. The van der Waals surface area contributed by atoms with Crippen molar-refractivity contribution in [2.45, 2.75) is 19.3 Å². The second-order valence-corrected chi connectivity index (χ2v) is 4.29. The molecule has 0 saturated carbocycles. The molecule has 0 aliphatic heterocycles. The van der Waals surface area contributed by atoms with E-state index in [1.807, 2.05) is 6.07 Å². The van der Waals surface area contributed by atoms with Crippen molar-refractivity contribution in [1.82, 2.24) is 5.32 Å². The van der Waals surface area contributed by atoms with Gasteiger partial charge in [0.25, 0.3) is 11.6 Å². The molecule has 116 valence electrons. The molecule has 1 aromatic rings. The smallest absolute Gasteiger partial charge is 0.307 e. The molecule has 1 N–H and O–H groups in total. The highest BCUT2D eigenvalue weighted by molar-refractivity contribution is 5.94. The van der Waals surface area contributed by atoms with E-state index in [-0.39, 0.29) is 30.8 Å². The van der Waals surface area contributed by atoms with Crippen LogP contribution in [-0.2, 0) is 9.53 Å². The molecule has 1 amide bonds. The molecular weight excluding hydrogens is 290 g/mol. The average Bonchev–Trinajstić information content (AvgIpc) is 2.51. The molecule has 0 aliphatic rings. The normalized spacial score (nSPS) is 9.59. The van der Waals surface area contributed by atoms with Crippen molar-refractivity contribution in [2.24, 2.45) is 0 Å². The number of benzene rings is 1. The number of nitro benzene ring substituents is 1. The van der Waals surface area contributed by atoms with Crippen LogP contribution in [0.4, 0.5) is 5.69 Å². The van der Waals surface area contributed by atoms with Crippen molar-refractivity contribution < 1.29 is 19.2 Å². The van der Waals surface area contributed by atoms with E-state index in [1.165, 1.54) is 24.3 Å². The topological polar surface area (TPSA) is 122 Å². The molecule has 22 heavy (non-hydrogen) atoms. The summed E-state index contributed by atoms with van der Waals surface area (Å²) in [6, 6.07) is 7.09. The van der Waals surface area contributed by atoms with E-state index in [0.717, 1.165) is 0 Å². The highest BCUT2D eigenvalue weighted by atomic mass is 16.6. The first-order valence-corrected chi connectivity index (χ1v) is 6.60. The number of non-ortho nitro benzene ring substituents is 1. The predicted octanol–water partition coefficient (Wildman–Crippen LogP) is 1.56. The van der Waals surface area contributed by atoms with Crippen molar-refractivity contribution in [1.29, 1.82) is 5.26 Å². The maximum Gasteiger partial charge on any atom is 0.307 e. The van der Waals surface area contributed by atoms with Crippen LogP contribution in [0, 0.1) is 21.4 Å². The van der Waals surface area contributed by atoms with Crippen LogP contribution in [0.3, 0.4) is 0 Å². The van der Waals surface area contributed by atoms with E-state index < -0.39 is 16.8 Å². The second kappa shape index (κ2) is 9.07. The van der Waals surface area contributed by atoms with E-state index >= 15 is 0 Å². The summed E-state index contributed by atoms with van der Waals surface area (Å²) in [6.45, 7) is 0.287. The Hall–Kier alpha value is -2.95. The average molecular weight is 305 g/mol. The van der Waals surface area contributed by atoms with Crippen molar-refractivity contribution in [3.05, 3.63) is 39.9 Å². The lowest BCUT2D eigenvalue weighted by Gasteiger charge is -2.05. The number of esters is 1. The number of nitrogens with one attached hydrogen (secondary N) is 1. The summed E-state index contributed by atoms with van der Waals surface area (Å²) in [5.74, 6) is -0.880. The Morgan fingerprint density at radius 1 is 1.32 bits per heavy atom. The van der Waals surface area contributed by atoms with Gasteiger partial charge < -0.3 is 10.1 Å². The van der Waals surface area contributed by atoms with Gasteiger partial charge in [-0.05, 0) is 18.6 Å². The lowest BCUT2D eigenvalue weighted by Crippen LogP contribution is -2.26. The molecule has 1 aromatic carbocycles. The van der Waals surface area contributed by atoms with Gasteiger partial charge in [0.2, 0.25) is 0 Å². The number of nitrogens with zero attached hydrogens (tertiary/aromatic N) is 2. The van der Waals surface area contributed by atoms with Gasteiger partial charge in [0.05, 0.1) is 24.0 Å². The maximum atomic E-state index is 11.7. The molecule has 0 spiro atoms.